The number of H-pyrrole nitrogens is 1. The third kappa shape index (κ3) is 3.72. The number of hydrogen-bond donors (Lipinski definition) is 2. The van der Waals surface area contributed by atoms with Crippen molar-refractivity contribution in [1.82, 2.24) is 9.88 Å². The molecule has 1 saturated carbocycles. The van der Waals surface area contributed by atoms with E-state index in [1.54, 1.807) is 0 Å². The molecule has 1 aromatic heterocycles. The first-order valence-electron chi connectivity index (χ1n) is 12.7. The Bertz CT molecular complexity index is 1170. The topological polar surface area (TPSA) is 52.7 Å². The molecule has 5 unspecified atom stereocenters. The van der Waals surface area contributed by atoms with Gasteiger partial charge in [-0.1, -0.05) is 31.5 Å². The number of aromatic nitrogens is 1. The third-order valence-electron chi connectivity index (χ3n) is 8.03. The van der Waals surface area contributed by atoms with Crippen LogP contribution in [0.1, 0.15) is 50.3 Å². The fourth-order valence-corrected chi connectivity index (χ4v) is 6.73. The fourth-order valence-electron chi connectivity index (χ4n) is 6.73. The van der Waals surface area contributed by atoms with Crippen LogP contribution in [-0.2, 0) is 6.42 Å². The predicted octanol–water partition coefficient (Wildman–Crippen LogP) is 5.79. The lowest BCUT2D eigenvalue weighted by molar-refractivity contribution is -0.0134. The predicted molar refractivity (Wildman–Crippen MR) is 135 cm³/mol. The number of ether oxygens (including phenoxy) is 1. The van der Waals surface area contributed by atoms with Gasteiger partial charge in [-0.3, -0.25) is 4.90 Å². The molecule has 3 aliphatic heterocycles. The van der Waals surface area contributed by atoms with Crippen molar-refractivity contribution in [2.24, 2.45) is 16.8 Å². The van der Waals surface area contributed by atoms with Gasteiger partial charge in [0.1, 0.15) is 5.75 Å². The van der Waals surface area contributed by atoms with E-state index in [0.717, 1.165) is 29.7 Å². The highest BCUT2D eigenvalue weighted by Crippen LogP contribution is 2.51. The molecule has 7 rings (SSSR count). The summed E-state index contributed by atoms with van der Waals surface area (Å²) in [6.07, 6.45) is 5.19. The van der Waals surface area contributed by atoms with Gasteiger partial charge < -0.3 is 15.0 Å². The number of anilines is 1. The molecule has 4 heterocycles. The van der Waals surface area contributed by atoms with Crippen LogP contribution in [0.4, 0.5) is 5.69 Å². The summed E-state index contributed by atoms with van der Waals surface area (Å²) in [7, 11) is 0. The molecule has 1 aliphatic carbocycles. The molecule has 3 aromatic rings. The van der Waals surface area contributed by atoms with Crippen LogP contribution in [0.25, 0.3) is 10.9 Å². The molecule has 0 amide bonds. The number of para-hydroxylation sites is 1. The Balaban J connectivity index is 1.32. The van der Waals surface area contributed by atoms with Crippen molar-refractivity contribution in [3.63, 3.8) is 0 Å². The van der Waals surface area contributed by atoms with E-state index in [2.05, 4.69) is 45.3 Å². The zero-order chi connectivity index (χ0) is 22.4. The number of aromatic amines is 1. The van der Waals surface area contributed by atoms with Crippen LogP contribution in [0.2, 0.25) is 0 Å². The van der Waals surface area contributed by atoms with Gasteiger partial charge in [0.2, 0.25) is 0 Å². The lowest BCUT2D eigenvalue weighted by Gasteiger charge is -2.53. The quantitative estimate of drug-likeness (QED) is 0.397. The van der Waals surface area contributed by atoms with Crippen LogP contribution in [0.5, 0.6) is 5.75 Å². The highest BCUT2D eigenvalue weighted by molar-refractivity contribution is 5.92. The van der Waals surface area contributed by atoms with E-state index >= 15 is 0 Å². The van der Waals surface area contributed by atoms with E-state index in [4.69, 9.17) is 4.74 Å². The summed E-state index contributed by atoms with van der Waals surface area (Å²) >= 11 is 0. The number of nitrogens with one attached hydrogen (secondary N) is 2. The Hall–Kier alpha value is -2.79. The zero-order valence-corrected chi connectivity index (χ0v) is 19.7. The maximum absolute atomic E-state index is 6.24. The monoisotopic (exact) mass is 442 g/mol. The zero-order valence-electron chi connectivity index (χ0n) is 19.7. The number of nitrogens with zero attached hydrogens (tertiary/aromatic N) is 2. The highest BCUT2D eigenvalue weighted by atomic mass is 16.5. The smallest absolute Gasteiger partial charge is 0.294 e. The van der Waals surface area contributed by atoms with Crippen molar-refractivity contribution < 1.29 is 4.74 Å². The molecule has 0 spiro atoms. The van der Waals surface area contributed by atoms with Gasteiger partial charge in [0.25, 0.3) is 6.02 Å². The Morgan fingerprint density at radius 1 is 1.15 bits per heavy atom. The van der Waals surface area contributed by atoms with Crippen LogP contribution >= 0.6 is 0 Å². The van der Waals surface area contributed by atoms with E-state index in [9.17, 15) is 0 Å². The SMILES string of the molecule is CCN=C(Nc1ccccc1)Oc1ccc2[nH]c3c(c2c1)CCN1CC2CC(CC)C1C3C2. The van der Waals surface area contributed by atoms with Crippen LogP contribution in [-0.4, -0.2) is 41.6 Å². The average Bonchev–Trinajstić information content (AvgIpc) is 3.16. The summed E-state index contributed by atoms with van der Waals surface area (Å²) in [5.41, 5.74) is 5.22. The van der Waals surface area contributed by atoms with Gasteiger partial charge in [0.15, 0.2) is 0 Å². The number of hydrogen-bond acceptors (Lipinski definition) is 3. The first-order valence-corrected chi connectivity index (χ1v) is 12.7. The standard InChI is InChI=1S/C28H34N4O/c1-3-19-14-18-15-24-26-22(12-13-32(17-18)27(19)24)23-16-21(10-11-25(23)31-26)33-28(29-4-2)30-20-8-6-5-7-9-20/h5-11,16,18-19,24,27,31H,3-4,12-15,17H2,1-2H3,(H,29,30). The van der Waals surface area contributed by atoms with Crippen molar-refractivity contribution >= 4 is 22.6 Å². The molecule has 4 bridgehead atoms. The van der Waals surface area contributed by atoms with E-state index in [1.807, 2.05) is 37.3 Å². The normalized spacial score (nSPS) is 28.4. The van der Waals surface area contributed by atoms with Crippen LogP contribution in [0.15, 0.2) is 53.5 Å². The number of rotatable bonds is 4. The minimum absolute atomic E-state index is 0.537. The molecular formula is C28H34N4O. The van der Waals surface area contributed by atoms with Gasteiger partial charge >= 0.3 is 0 Å². The number of amidine groups is 1. The van der Waals surface area contributed by atoms with Crippen molar-refractivity contribution in [1.29, 1.82) is 0 Å². The van der Waals surface area contributed by atoms with Crippen molar-refractivity contribution in [3.8, 4) is 5.75 Å². The molecule has 5 atom stereocenters. The second-order valence-electron chi connectivity index (χ2n) is 9.94. The van der Waals surface area contributed by atoms with Gasteiger partial charge in [-0.05, 0) is 73.9 Å². The summed E-state index contributed by atoms with van der Waals surface area (Å²) in [5, 5.41) is 4.63. The largest absolute Gasteiger partial charge is 0.426 e. The molecule has 4 aliphatic rings. The van der Waals surface area contributed by atoms with Crippen molar-refractivity contribution in [2.45, 2.75) is 51.5 Å². The van der Waals surface area contributed by atoms with Crippen molar-refractivity contribution in [3.05, 3.63) is 59.8 Å². The second kappa shape index (κ2) is 8.53. The number of fused-ring (bicyclic) bond motifs is 4. The molecule has 2 N–H and O–H groups in total. The average molecular weight is 443 g/mol. The summed E-state index contributed by atoms with van der Waals surface area (Å²) in [6.45, 7) is 7.55. The molecule has 5 nitrogen and oxygen atoms in total. The summed E-state index contributed by atoms with van der Waals surface area (Å²) < 4.78 is 6.24. The van der Waals surface area contributed by atoms with E-state index < -0.39 is 0 Å². The molecule has 5 heteroatoms. The summed E-state index contributed by atoms with van der Waals surface area (Å²) in [6, 6.07) is 17.8. The summed E-state index contributed by atoms with van der Waals surface area (Å²) in [5.74, 6) is 3.18. The van der Waals surface area contributed by atoms with Gasteiger partial charge in [-0.15, -0.1) is 0 Å². The lowest BCUT2D eigenvalue weighted by Crippen LogP contribution is -2.56. The van der Waals surface area contributed by atoms with Gasteiger partial charge in [-0.2, -0.15) is 0 Å². The Kier molecular flexibility index (Phi) is 5.37. The first kappa shape index (κ1) is 20.8. The van der Waals surface area contributed by atoms with Gasteiger partial charge in [-0.25, -0.2) is 4.99 Å². The minimum Gasteiger partial charge on any atom is -0.426 e. The molecule has 3 fully saturated rings. The Morgan fingerprint density at radius 2 is 2.03 bits per heavy atom. The van der Waals surface area contributed by atoms with Crippen molar-refractivity contribution in [2.75, 3.05) is 25.0 Å². The Labute approximate surface area is 196 Å². The van der Waals surface area contributed by atoms with Gasteiger partial charge in [0.05, 0.1) is 0 Å². The molecule has 0 radical (unpaired) electrons. The van der Waals surface area contributed by atoms with Crippen LogP contribution < -0.4 is 10.1 Å². The minimum atomic E-state index is 0.537. The molecule has 2 aromatic carbocycles. The second-order valence-corrected chi connectivity index (χ2v) is 9.94. The number of benzene rings is 2. The molecular weight excluding hydrogens is 408 g/mol. The number of aliphatic imine (C=N–C) groups is 1. The summed E-state index contributed by atoms with van der Waals surface area (Å²) in [4.78, 5) is 11.2. The fraction of sp³-hybridized carbons (Fsp3) is 0.464. The number of piperidine rings is 2. The van der Waals surface area contributed by atoms with E-state index in [0.29, 0.717) is 24.5 Å². The molecule has 172 valence electrons. The maximum Gasteiger partial charge on any atom is 0.294 e. The van der Waals surface area contributed by atoms with E-state index in [1.165, 1.54) is 54.5 Å². The lowest BCUT2D eigenvalue weighted by atomic mass is 9.65. The maximum atomic E-state index is 6.24. The first-order chi connectivity index (χ1) is 16.2. The van der Waals surface area contributed by atoms with Crippen LogP contribution in [0.3, 0.4) is 0 Å². The molecule has 33 heavy (non-hydrogen) atoms. The van der Waals surface area contributed by atoms with Crippen LogP contribution in [0, 0.1) is 11.8 Å². The Morgan fingerprint density at radius 3 is 2.85 bits per heavy atom. The highest BCUT2D eigenvalue weighted by Gasteiger charge is 2.48. The third-order valence-corrected chi connectivity index (χ3v) is 8.03. The van der Waals surface area contributed by atoms with E-state index in [-0.39, 0.29) is 0 Å². The molecule has 2 saturated heterocycles. The van der Waals surface area contributed by atoms with Gasteiger partial charge in [0, 0.05) is 53.9 Å².